The van der Waals surface area contributed by atoms with E-state index in [-0.39, 0.29) is 11.7 Å². The molecule has 4 nitrogen and oxygen atoms in total. The van der Waals surface area contributed by atoms with Gasteiger partial charge in [-0.2, -0.15) is 4.98 Å². The van der Waals surface area contributed by atoms with E-state index in [2.05, 4.69) is 17.1 Å². The number of aromatic nitrogens is 2. The topological polar surface area (TPSA) is 64.9 Å². The van der Waals surface area contributed by atoms with Crippen molar-refractivity contribution in [1.82, 2.24) is 10.1 Å². The minimum absolute atomic E-state index is 0.271. The Kier molecular flexibility index (Phi) is 3.37. The second-order valence-electron chi connectivity index (χ2n) is 3.85. The van der Waals surface area contributed by atoms with Crippen LogP contribution in [0, 0.1) is 5.82 Å². The number of hydrogen-bond acceptors (Lipinski definition) is 4. The maximum Gasteiger partial charge on any atom is 0.260 e. The van der Waals surface area contributed by atoms with E-state index in [1.807, 2.05) is 0 Å². The van der Waals surface area contributed by atoms with Crippen LogP contribution in [0.2, 0.25) is 0 Å². The van der Waals surface area contributed by atoms with Crippen LogP contribution in [-0.2, 0) is 6.42 Å². The number of anilines is 1. The molecule has 0 unspecified atom stereocenters. The first-order valence-corrected chi connectivity index (χ1v) is 5.58. The maximum atomic E-state index is 13.1. The van der Waals surface area contributed by atoms with Crippen molar-refractivity contribution in [3.05, 3.63) is 29.8 Å². The third-order valence-corrected chi connectivity index (χ3v) is 2.47. The molecular formula is C12H14FN3O. The Morgan fingerprint density at radius 3 is 3.00 bits per heavy atom. The predicted molar refractivity (Wildman–Crippen MR) is 62.7 cm³/mol. The highest BCUT2D eigenvalue weighted by atomic mass is 19.1. The number of nitrogen functional groups attached to an aromatic ring is 1. The summed E-state index contributed by atoms with van der Waals surface area (Å²) in [5.41, 5.74) is 6.61. The van der Waals surface area contributed by atoms with Crippen LogP contribution in [-0.4, -0.2) is 10.1 Å². The SMILES string of the molecule is CCCCc1noc(-c2cc(F)ccc2N)n1. The molecule has 0 spiro atoms. The zero-order chi connectivity index (χ0) is 12.3. The summed E-state index contributed by atoms with van der Waals surface area (Å²) in [6.45, 7) is 2.09. The number of rotatable bonds is 4. The number of hydrogen-bond donors (Lipinski definition) is 1. The van der Waals surface area contributed by atoms with E-state index in [4.69, 9.17) is 10.3 Å². The lowest BCUT2D eigenvalue weighted by Crippen LogP contribution is -1.92. The van der Waals surface area contributed by atoms with Gasteiger partial charge in [0, 0.05) is 12.1 Å². The summed E-state index contributed by atoms with van der Waals surface area (Å²) in [4.78, 5) is 4.20. The average molecular weight is 235 g/mol. The van der Waals surface area contributed by atoms with E-state index in [0.29, 0.717) is 17.1 Å². The molecule has 0 aliphatic carbocycles. The number of aryl methyl sites for hydroxylation is 1. The lowest BCUT2D eigenvalue weighted by molar-refractivity contribution is 0.421. The summed E-state index contributed by atoms with van der Waals surface area (Å²) in [6, 6.07) is 4.08. The van der Waals surface area contributed by atoms with Crippen LogP contribution in [0.3, 0.4) is 0 Å². The predicted octanol–water partition coefficient (Wildman–Crippen LogP) is 2.80. The van der Waals surface area contributed by atoms with E-state index in [1.165, 1.54) is 18.2 Å². The van der Waals surface area contributed by atoms with Crippen LogP contribution in [0.4, 0.5) is 10.1 Å². The van der Waals surface area contributed by atoms with Crippen molar-refractivity contribution in [3.8, 4) is 11.5 Å². The molecule has 0 saturated heterocycles. The molecule has 2 N–H and O–H groups in total. The molecule has 0 radical (unpaired) electrons. The van der Waals surface area contributed by atoms with E-state index < -0.39 is 0 Å². The van der Waals surface area contributed by atoms with Gasteiger partial charge >= 0.3 is 0 Å². The van der Waals surface area contributed by atoms with Gasteiger partial charge in [0.1, 0.15) is 5.82 Å². The van der Waals surface area contributed by atoms with Crippen molar-refractivity contribution < 1.29 is 8.91 Å². The largest absolute Gasteiger partial charge is 0.398 e. The maximum absolute atomic E-state index is 13.1. The van der Waals surface area contributed by atoms with Crippen molar-refractivity contribution in [1.29, 1.82) is 0 Å². The molecule has 0 saturated carbocycles. The molecule has 0 aliphatic heterocycles. The van der Waals surface area contributed by atoms with E-state index in [1.54, 1.807) is 0 Å². The van der Waals surface area contributed by atoms with E-state index in [0.717, 1.165) is 19.3 Å². The second-order valence-corrected chi connectivity index (χ2v) is 3.85. The monoisotopic (exact) mass is 235 g/mol. The van der Waals surface area contributed by atoms with Crippen molar-refractivity contribution in [2.45, 2.75) is 26.2 Å². The van der Waals surface area contributed by atoms with Gasteiger partial charge in [-0.25, -0.2) is 4.39 Å². The van der Waals surface area contributed by atoms with Gasteiger partial charge in [0.05, 0.1) is 5.56 Å². The third-order valence-electron chi connectivity index (χ3n) is 2.47. The Labute approximate surface area is 98.6 Å². The van der Waals surface area contributed by atoms with Gasteiger partial charge in [-0.15, -0.1) is 0 Å². The van der Waals surface area contributed by atoms with Crippen molar-refractivity contribution in [2.24, 2.45) is 0 Å². The fourth-order valence-electron chi connectivity index (χ4n) is 1.51. The summed E-state index contributed by atoms with van der Waals surface area (Å²) in [5.74, 6) is 0.529. The van der Waals surface area contributed by atoms with Gasteiger partial charge in [-0.3, -0.25) is 0 Å². The molecule has 0 aliphatic rings. The van der Waals surface area contributed by atoms with E-state index in [9.17, 15) is 4.39 Å². The first-order chi connectivity index (χ1) is 8.20. The second kappa shape index (κ2) is 4.95. The molecule has 0 atom stereocenters. The molecule has 0 bridgehead atoms. The van der Waals surface area contributed by atoms with Gasteiger partial charge in [-0.1, -0.05) is 18.5 Å². The van der Waals surface area contributed by atoms with Crippen LogP contribution < -0.4 is 5.73 Å². The molecule has 0 amide bonds. The molecule has 1 aromatic heterocycles. The zero-order valence-electron chi connectivity index (χ0n) is 9.61. The molecule has 1 aromatic carbocycles. The zero-order valence-corrected chi connectivity index (χ0v) is 9.61. The number of unbranched alkanes of at least 4 members (excludes halogenated alkanes) is 1. The Morgan fingerprint density at radius 2 is 2.24 bits per heavy atom. The standard InChI is InChI=1S/C12H14FN3O/c1-2-3-4-11-15-12(17-16-11)9-7-8(13)5-6-10(9)14/h5-7H,2-4,14H2,1H3. The van der Waals surface area contributed by atoms with Crippen molar-refractivity contribution >= 4 is 5.69 Å². The van der Waals surface area contributed by atoms with Crippen LogP contribution in [0.15, 0.2) is 22.7 Å². The van der Waals surface area contributed by atoms with Crippen LogP contribution >= 0.6 is 0 Å². The van der Waals surface area contributed by atoms with Crippen LogP contribution in [0.5, 0.6) is 0 Å². The first kappa shape index (κ1) is 11.6. The van der Waals surface area contributed by atoms with Gasteiger partial charge < -0.3 is 10.3 Å². The lowest BCUT2D eigenvalue weighted by atomic mass is 10.2. The molecule has 2 rings (SSSR count). The fraction of sp³-hybridized carbons (Fsp3) is 0.333. The molecule has 5 heteroatoms. The highest BCUT2D eigenvalue weighted by molar-refractivity contribution is 5.70. The van der Waals surface area contributed by atoms with Gasteiger partial charge in [0.25, 0.3) is 5.89 Å². The van der Waals surface area contributed by atoms with Crippen molar-refractivity contribution in [2.75, 3.05) is 5.73 Å². The highest BCUT2D eigenvalue weighted by Crippen LogP contribution is 2.25. The molecule has 2 aromatic rings. The first-order valence-electron chi connectivity index (χ1n) is 5.58. The van der Waals surface area contributed by atoms with Crippen LogP contribution in [0.1, 0.15) is 25.6 Å². The van der Waals surface area contributed by atoms with Gasteiger partial charge in [-0.05, 0) is 24.6 Å². The summed E-state index contributed by atoms with van der Waals surface area (Å²) >= 11 is 0. The van der Waals surface area contributed by atoms with Gasteiger partial charge in [0.15, 0.2) is 5.82 Å². The average Bonchev–Trinajstić information content (AvgIpc) is 2.78. The smallest absolute Gasteiger partial charge is 0.260 e. The summed E-state index contributed by atoms with van der Waals surface area (Å²) in [6.07, 6.45) is 2.82. The number of halogens is 1. The summed E-state index contributed by atoms with van der Waals surface area (Å²) in [7, 11) is 0. The summed E-state index contributed by atoms with van der Waals surface area (Å²) in [5, 5.41) is 3.84. The Balaban J connectivity index is 2.27. The summed E-state index contributed by atoms with van der Waals surface area (Å²) < 4.78 is 18.2. The van der Waals surface area contributed by atoms with Gasteiger partial charge in [0.2, 0.25) is 0 Å². The van der Waals surface area contributed by atoms with Crippen molar-refractivity contribution in [3.63, 3.8) is 0 Å². The fourth-order valence-corrected chi connectivity index (χ4v) is 1.51. The Bertz CT molecular complexity index is 510. The molecule has 1 heterocycles. The number of nitrogens with two attached hydrogens (primary N) is 1. The molecular weight excluding hydrogens is 221 g/mol. The quantitative estimate of drug-likeness (QED) is 0.827. The highest BCUT2D eigenvalue weighted by Gasteiger charge is 2.12. The molecule has 0 fully saturated rings. The number of nitrogens with zero attached hydrogens (tertiary/aromatic N) is 2. The molecule has 90 valence electrons. The Hall–Kier alpha value is -1.91. The normalized spacial score (nSPS) is 10.7. The minimum atomic E-state index is -0.373. The Morgan fingerprint density at radius 1 is 1.41 bits per heavy atom. The molecule has 17 heavy (non-hydrogen) atoms. The lowest BCUT2D eigenvalue weighted by Gasteiger charge is -1.99. The van der Waals surface area contributed by atoms with Crippen LogP contribution in [0.25, 0.3) is 11.5 Å². The third kappa shape index (κ3) is 2.61. The minimum Gasteiger partial charge on any atom is -0.398 e. The number of benzene rings is 1. The van der Waals surface area contributed by atoms with E-state index >= 15 is 0 Å².